The van der Waals surface area contributed by atoms with Crippen molar-refractivity contribution >= 4 is 28.9 Å². The number of pyridine rings is 1. The van der Waals surface area contributed by atoms with Crippen molar-refractivity contribution in [3.05, 3.63) is 67.6 Å². The first-order valence-corrected chi connectivity index (χ1v) is 5.80. The lowest BCUT2D eigenvalue weighted by atomic mass is 10.2. The summed E-state index contributed by atoms with van der Waals surface area (Å²) in [7, 11) is 0. The molecule has 2 N–H and O–H groups in total. The summed E-state index contributed by atoms with van der Waals surface area (Å²) in [4.78, 5) is 35.3. The van der Waals surface area contributed by atoms with Gasteiger partial charge in [0.1, 0.15) is 5.69 Å². The predicted molar refractivity (Wildman–Crippen MR) is 73.1 cm³/mol. The number of carbonyl (C=O) groups excluding carboxylic acids is 1. The summed E-state index contributed by atoms with van der Waals surface area (Å²) in [5.41, 5.74) is -0.313. The van der Waals surface area contributed by atoms with Gasteiger partial charge in [0.05, 0.1) is 15.6 Å². The van der Waals surface area contributed by atoms with Crippen LogP contribution in [0.15, 0.2) is 41.2 Å². The van der Waals surface area contributed by atoms with Gasteiger partial charge in [-0.25, -0.2) is 0 Å². The molecule has 0 aliphatic rings. The van der Waals surface area contributed by atoms with Crippen LogP contribution < -0.4 is 10.9 Å². The molecule has 8 heteroatoms. The van der Waals surface area contributed by atoms with Crippen molar-refractivity contribution in [2.24, 2.45) is 0 Å². The quantitative estimate of drug-likeness (QED) is 0.668. The van der Waals surface area contributed by atoms with E-state index in [1.807, 2.05) is 0 Å². The summed E-state index contributed by atoms with van der Waals surface area (Å²) >= 11 is 5.85. The first-order valence-electron chi connectivity index (χ1n) is 5.42. The molecule has 2 aromatic rings. The number of nitro groups is 1. The van der Waals surface area contributed by atoms with Crippen molar-refractivity contribution in [3.63, 3.8) is 0 Å². The van der Waals surface area contributed by atoms with Crippen molar-refractivity contribution in [1.82, 2.24) is 4.98 Å². The van der Waals surface area contributed by atoms with E-state index in [-0.39, 0.29) is 22.1 Å². The Hall–Kier alpha value is -2.67. The molecule has 0 radical (unpaired) electrons. The van der Waals surface area contributed by atoms with Crippen LogP contribution in [0.3, 0.4) is 0 Å². The monoisotopic (exact) mass is 293 g/mol. The normalized spacial score (nSPS) is 10.1. The van der Waals surface area contributed by atoms with E-state index in [9.17, 15) is 19.7 Å². The Labute approximate surface area is 117 Å². The number of hydrogen-bond acceptors (Lipinski definition) is 4. The molecule has 0 aliphatic carbocycles. The number of aromatic nitrogens is 1. The van der Waals surface area contributed by atoms with Crippen LogP contribution in [0, 0.1) is 10.1 Å². The molecule has 0 aliphatic heterocycles. The standard InChI is InChI=1S/C12H8ClN3O4/c13-8-6-7(16(19)20)4-5-9(8)15-12(18)10-2-1-3-11(17)14-10/h1-6H,(H,14,17)(H,15,18). The first kappa shape index (κ1) is 13.8. The molecule has 0 saturated carbocycles. The Bertz CT molecular complexity index is 741. The number of rotatable bonds is 3. The van der Waals surface area contributed by atoms with Crippen LogP contribution in [0.2, 0.25) is 5.02 Å². The number of carbonyl (C=O) groups is 1. The van der Waals surface area contributed by atoms with Gasteiger partial charge in [-0.05, 0) is 12.1 Å². The molecule has 0 fully saturated rings. The van der Waals surface area contributed by atoms with E-state index in [0.29, 0.717) is 0 Å². The average molecular weight is 294 g/mol. The maximum atomic E-state index is 11.9. The van der Waals surface area contributed by atoms with E-state index in [4.69, 9.17) is 11.6 Å². The van der Waals surface area contributed by atoms with Crippen LogP contribution in [-0.2, 0) is 0 Å². The van der Waals surface area contributed by atoms with E-state index in [1.54, 1.807) is 0 Å². The van der Waals surface area contributed by atoms with Crippen LogP contribution in [0.5, 0.6) is 0 Å². The van der Waals surface area contributed by atoms with Crippen molar-refractivity contribution in [2.45, 2.75) is 0 Å². The van der Waals surface area contributed by atoms with E-state index in [0.717, 1.165) is 6.07 Å². The molecule has 1 aromatic carbocycles. The first-order chi connectivity index (χ1) is 9.47. The average Bonchev–Trinajstić information content (AvgIpc) is 2.40. The highest BCUT2D eigenvalue weighted by Crippen LogP contribution is 2.26. The van der Waals surface area contributed by atoms with E-state index in [1.165, 1.54) is 30.3 Å². The van der Waals surface area contributed by atoms with Gasteiger partial charge in [0.15, 0.2) is 0 Å². The second-order valence-corrected chi connectivity index (χ2v) is 4.21. The van der Waals surface area contributed by atoms with Gasteiger partial charge < -0.3 is 10.3 Å². The number of nitrogens with zero attached hydrogens (tertiary/aromatic N) is 1. The summed E-state index contributed by atoms with van der Waals surface area (Å²) < 4.78 is 0. The number of nitrogens with one attached hydrogen (secondary N) is 2. The summed E-state index contributed by atoms with van der Waals surface area (Å²) in [6.07, 6.45) is 0. The molecule has 0 atom stereocenters. The number of amides is 1. The number of non-ortho nitro benzene ring substituents is 1. The number of nitro benzene ring substituents is 1. The Morgan fingerprint density at radius 1 is 1.30 bits per heavy atom. The lowest BCUT2D eigenvalue weighted by Gasteiger charge is -2.06. The second-order valence-electron chi connectivity index (χ2n) is 3.80. The lowest BCUT2D eigenvalue weighted by Crippen LogP contribution is -2.18. The Kier molecular flexibility index (Phi) is 3.81. The van der Waals surface area contributed by atoms with Crippen LogP contribution >= 0.6 is 11.6 Å². The van der Waals surface area contributed by atoms with Crippen LogP contribution in [0.25, 0.3) is 0 Å². The van der Waals surface area contributed by atoms with Gasteiger partial charge in [0.2, 0.25) is 5.56 Å². The van der Waals surface area contributed by atoms with Gasteiger partial charge in [0.25, 0.3) is 11.6 Å². The smallest absolute Gasteiger partial charge is 0.272 e. The van der Waals surface area contributed by atoms with E-state index in [2.05, 4.69) is 10.3 Å². The fourth-order valence-corrected chi connectivity index (χ4v) is 1.71. The summed E-state index contributed by atoms with van der Waals surface area (Å²) in [6.45, 7) is 0. The summed E-state index contributed by atoms with van der Waals surface area (Å²) in [5, 5.41) is 13.1. The molecule has 7 nitrogen and oxygen atoms in total. The van der Waals surface area contributed by atoms with E-state index >= 15 is 0 Å². The SMILES string of the molecule is O=C(Nc1ccc([N+](=O)[O-])cc1Cl)c1cccc(=O)[nH]1. The molecule has 102 valence electrons. The third-order valence-corrected chi connectivity index (χ3v) is 2.74. The molecule has 2 rings (SSSR count). The molecule has 1 aromatic heterocycles. The fraction of sp³-hybridized carbons (Fsp3) is 0. The molecular weight excluding hydrogens is 286 g/mol. The molecule has 0 saturated heterocycles. The zero-order valence-corrected chi connectivity index (χ0v) is 10.7. The van der Waals surface area contributed by atoms with Crippen LogP contribution in [0.1, 0.15) is 10.5 Å². The molecule has 0 bridgehead atoms. The van der Waals surface area contributed by atoms with Gasteiger partial charge in [0, 0.05) is 18.2 Å². The maximum Gasteiger partial charge on any atom is 0.272 e. The molecule has 0 unspecified atom stereocenters. The topological polar surface area (TPSA) is 105 Å². The van der Waals surface area contributed by atoms with Crippen molar-refractivity contribution in [2.75, 3.05) is 5.32 Å². The third kappa shape index (κ3) is 3.01. The van der Waals surface area contributed by atoms with Crippen molar-refractivity contribution in [1.29, 1.82) is 0 Å². The highest BCUT2D eigenvalue weighted by Gasteiger charge is 2.12. The van der Waals surface area contributed by atoms with Crippen LogP contribution in [-0.4, -0.2) is 15.8 Å². The zero-order chi connectivity index (χ0) is 14.7. The Morgan fingerprint density at radius 2 is 2.05 bits per heavy atom. The van der Waals surface area contributed by atoms with Gasteiger partial charge in [-0.1, -0.05) is 17.7 Å². The predicted octanol–water partition coefficient (Wildman–Crippen LogP) is 2.19. The highest BCUT2D eigenvalue weighted by atomic mass is 35.5. The number of halogens is 1. The minimum atomic E-state index is -0.591. The number of anilines is 1. The molecule has 20 heavy (non-hydrogen) atoms. The van der Waals surface area contributed by atoms with Crippen LogP contribution in [0.4, 0.5) is 11.4 Å². The van der Waals surface area contributed by atoms with Crippen molar-refractivity contribution in [3.8, 4) is 0 Å². The number of aromatic amines is 1. The number of hydrogen-bond donors (Lipinski definition) is 2. The molecule has 1 heterocycles. The molecular formula is C12H8ClN3O4. The van der Waals surface area contributed by atoms with E-state index < -0.39 is 16.4 Å². The third-order valence-electron chi connectivity index (χ3n) is 2.42. The molecule has 1 amide bonds. The van der Waals surface area contributed by atoms with Gasteiger partial charge in [-0.3, -0.25) is 19.7 Å². The summed E-state index contributed by atoms with van der Waals surface area (Å²) in [5.74, 6) is -0.571. The summed E-state index contributed by atoms with van der Waals surface area (Å²) in [6, 6.07) is 7.80. The zero-order valence-electron chi connectivity index (χ0n) is 9.92. The van der Waals surface area contributed by atoms with Gasteiger partial charge in [-0.2, -0.15) is 0 Å². The number of benzene rings is 1. The maximum absolute atomic E-state index is 11.9. The second kappa shape index (κ2) is 5.54. The lowest BCUT2D eigenvalue weighted by molar-refractivity contribution is -0.384. The molecule has 0 spiro atoms. The Balaban J connectivity index is 2.24. The van der Waals surface area contributed by atoms with Gasteiger partial charge >= 0.3 is 0 Å². The minimum Gasteiger partial charge on any atom is -0.319 e. The number of H-pyrrole nitrogens is 1. The highest BCUT2D eigenvalue weighted by molar-refractivity contribution is 6.34. The fourth-order valence-electron chi connectivity index (χ4n) is 1.49. The largest absolute Gasteiger partial charge is 0.319 e. The van der Waals surface area contributed by atoms with Gasteiger partial charge in [-0.15, -0.1) is 0 Å². The minimum absolute atomic E-state index is 0.0332. The van der Waals surface area contributed by atoms with Crippen molar-refractivity contribution < 1.29 is 9.72 Å². The Morgan fingerprint density at radius 3 is 2.65 bits per heavy atom.